The molecule has 2 aromatic rings. The number of anilines is 1. The molecule has 2 rings (SSSR count). The lowest BCUT2D eigenvalue weighted by Crippen LogP contribution is -2.35. The summed E-state index contributed by atoms with van der Waals surface area (Å²) in [4.78, 5) is 12.0. The van der Waals surface area contributed by atoms with Gasteiger partial charge in [0.05, 0.1) is 19.3 Å². The van der Waals surface area contributed by atoms with E-state index in [0.717, 1.165) is 17.0 Å². The first-order valence-corrected chi connectivity index (χ1v) is 9.26. The average Bonchev–Trinajstić information content (AvgIpc) is 3.05. The van der Waals surface area contributed by atoms with Crippen LogP contribution in [0.5, 0.6) is 0 Å². The van der Waals surface area contributed by atoms with Gasteiger partial charge in [-0.05, 0) is 12.0 Å². The third-order valence-corrected chi connectivity index (χ3v) is 4.95. The van der Waals surface area contributed by atoms with Crippen molar-refractivity contribution in [2.24, 2.45) is 5.73 Å². The van der Waals surface area contributed by atoms with Crippen LogP contribution in [-0.4, -0.2) is 28.8 Å². The third-order valence-electron chi connectivity index (χ3n) is 3.74. The van der Waals surface area contributed by atoms with E-state index in [0.29, 0.717) is 24.8 Å². The molecule has 1 heterocycles. The Bertz CT molecular complexity index is 679. The number of nitrogens with zero attached hydrogens (tertiary/aromatic N) is 2. The molecule has 0 saturated heterocycles. The maximum atomic E-state index is 12.0. The molecule has 0 aliphatic heterocycles. The van der Waals surface area contributed by atoms with Crippen LogP contribution in [0.3, 0.4) is 0 Å². The molecule has 144 valence electrons. The van der Waals surface area contributed by atoms with E-state index in [2.05, 4.69) is 15.5 Å². The Kier molecular flexibility index (Phi) is 9.15. The summed E-state index contributed by atoms with van der Waals surface area (Å²) in [5.41, 5.74) is 6.66. The van der Waals surface area contributed by atoms with Crippen molar-refractivity contribution in [1.29, 1.82) is 0 Å². The van der Waals surface area contributed by atoms with E-state index in [4.69, 9.17) is 10.5 Å². The van der Waals surface area contributed by atoms with Gasteiger partial charge >= 0.3 is 0 Å². The first-order chi connectivity index (χ1) is 11.9. The predicted octanol–water partition coefficient (Wildman–Crippen LogP) is 3.52. The van der Waals surface area contributed by atoms with Crippen molar-refractivity contribution in [3.8, 4) is 0 Å². The molecule has 1 aromatic carbocycles. The van der Waals surface area contributed by atoms with Crippen LogP contribution in [0.2, 0.25) is 0 Å². The van der Waals surface area contributed by atoms with Crippen molar-refractivity contribution in [2.75, 3.05) is 11.9 Å². The largest absolute Gasteiger partial charge is 0.376 e. The van der Waals surface area contributed by atoms with Crippen LogP contribution in [0.4, 0.5) is 5.13 Å². The minimum absolute atomic E-state index is 0. The Morgan fingerprint density at radius 1 is 1.31 bits per heavy atom. The number of hydrogen-bond acceptors (Lipinski definition) is 6. The first kappa shape index (κ1) is 22.5. The summed E-state index contributed by atoms with van der Waals surface area (Å²) in [6.07, 6.45) is 1.51. The fourth-order valence-electron chi connectivity index (χ4n) is 2.25. The van der Waals surface area contributed by atoms with E-state index in [9.17, 15) is 4.79 Å². The summed E-state index contributed by atoms with van der Waals surface area (Å²) < 4.78 is 5.83. The molecule has 0 aliphatic rings. The Labute approximate surface area is 165 Å². The van der Waals surface area contributed by atoms with E-state index < -0.39 is 6.04 Å². The number of rotatable bonds is 9. The molecule has 0 radical (unpaired) electrons. The van der Waals surface area contributed by atoms with E-state index in [1.54, 1.807) is 0 Å². The highest BCUT2D eigenvalue weighted by molar-refractivity contribution is 7.15. The third kappa shape index (κ3) is 6.64. The van der Waals surface area contributed by atoms with Crippen LogP contribution < -0.4 is 11.1 Å². The number of nitrogens with one attached hydrogen (secondary N) is 1. The molecule has 1 atom stereocenters. The summed E-state index contributed by atoms with van der Waals surface area (Å²) >= 11 is 1.36. The highest BCUT2D eigenvalue weighted by Crippen LogP contribution is 2.29. The smallest absolute Gasteiger partial charge is 0.243 e. The fraction of sp³-hybridized carbons (Fsp3) is 0.500. The average molecular weight is 399 g/mol. The zero-order valence-corrected chi connectivity index (χ0v) is 17.0. The highest BCUT2D eigenvalue weighted by Gasteiger charge is 2.26. The van der Waals surface area contributed by atoms with Crippen LogP contribution in [0.1, 0.15) is 44.2 Å². The van der Waals surface area contributed by atoms with Crippen molar-refractivity contribution in [3.05, 3.63) is 40.9 Å². The number of aromatic nitrogens is 2. The van der Waals surface area contributed by atoms with Crippen LogP contribution in [-0.2, 0) is 21.6 Å². The number of carbonyl (C=O) groups excluding carboxylic acids is 1. The Balaban J connectivity index is 0.00000338. The number of nitrogens with two attached hydrogens (primary N) is 1. The van der Waals surface area contributed by atoms with Gasteiger partial charge in [0.1, 0.15) is 5.01 Å². The minimum atomic E-state index is -0.514. The van der Waals surface area contributed by atoms with Gasteiger partial charge in [0.15, 0.2) is 0 Å². The molecule has 8 heteroatoms. The van der Waals surface area contributed by atoms with E-state index in [1.165, 1.54) is 11.3 Å². The SMILES string of the molecule is CCCC(N)C(=O)Nc1nnc(C(C)(C)COCc2ccccc2)s1.Cl. The first-order valence-electron chi connectivity index (χ1n) is 8.44. The normalized spacial score (nSPS) is 12.3. The Morgan fingerprint density at radius 2 is 2.00 bits per heavy atom. The molecule has 1 unspecified atom stereocenters. The Hall–Kier alpha value is -1.54. The molecule has 1 aromatic heterocycles. The summed E-state index contributed by atoms with van der Waals surface area (Å²) in [5.74, 6) is -0.220. The monoisotopic (exact) mass is 398 g/mol. The molecular formula is C18H27ClN4O2S. The minimum Gasteiger partial charge on any atom is -0.376 e. The van der Waals surface area contributed by atoms with Crippen molar-refractivity contribution < 1.29 is 9.53 Å². The second-order valence-corrected chi connectivity index (χ2v) is 7.64. The number of carbonyl (C=O) groups is 1. The molecule has 1 amide bonds. The summed E-state index contributed by atoms with van der Waals surface area (Å²) in [6.45, 7) is 7.16. The van der Waals surface area contributed by atoms with E-state index >= 15 is 0 Å². The zero-order valence-electron chi connectivity index (χ0n) is 15.4. The number of halogens is 1. The van der Waals surface area contributed by atoms with Gasteiger partial charge in [-0.3, -0.25) is 10.1 Å². The van der Waals surface area contributed by atoms with Crippen molar-refractivity contribution in [1.82, 2.24) is 10.2 Å². The lowest BCUT2D eigenvalue weighted by atomic mass is 9.96. The number of amides is 1. The Morgan fingerprint density at radius 3 is 2.65 bits per heavy atom. The quantitative estimate of drug-likeness (QED) is 0.674. The topological polar surface area (TPSA) is 90.1 Å². The molecule has 0 aliphatic carbocycles. The summed E-state index contributed by atoms with van der Waals surface area (Å²) in [5, 5.41) is 12.3. The van der Waals surface area contributed by atoms with Gasteiger partial charge in [0, 0.05) is 5.41 Å². The molecule has 0 spiro atoms. The predicted molar refractivity (Wildman–Crippen MR) is 108 cm³/mol. The molecule has 0 bridgehead atoms. The molecular weight excluding hydrogens is 372 g/mol. The molecule has 26 heavy (non-hydrogen) atoms. The van der Waals surface area contributed by atoms with Gasteiger partial charge in [-0.2, -0.15) is 0 Å². The van der Waals surface area contributed by atoms with Gasteiger partial charge in [-0.15, -0.1) is 22.6 Å². The van der Waals surface area contributed by atoms with Gasteiger partial charge in [0.25, 0.3) is 0 Å². The fourth-order valence-corrected chi connectivity index (χ4v) is 3.08. The van der Waals surface area contributed by atoms with Crippen molar-refractivity contribution >= 4 is 34.8 Å². The van der Waals surface area contributed by atoms with E-state index in [-0.39, 0.29) is 23.7 Å². The molecule has 0 fully saturated rings. The van der Waals surface area contributed by atoms with Gasteiger partial charge in [0.2, 0.25) is 11.0 Å². The standard InChI is InChI=1S/C18H26N4O2S.ClH/c1-4-8-14(19)15(23)20-17-22-21-16(25-17)18(2,3)12-24-11-13-9-6-5-7-10-13;/h5-7,9-10,14H,4,8,11-12,19H2,1-3H3,(H,20,22,23);1H. The van der Waals surface area contributed by atoms with Gasteiger partial charge in [-0.1, -0.05) is 68.9 Å². The van der Waals surface area contributed by atoms with Crippen molar-refractivity contribution in [2.45, 2.75) is 51.7 Å². The molecule has 3 N–H and O–H groups in total. The zero-order chi connectivity index (χ0) is 18.3. The number of ether oxygens (including phenoxy) is 1. The second-order valence-electron chi connectivity index (χ2n) is 6.66. The van der Waals surface area contributed by atoms with Gasteiger partial charge in [-0.25, -0.2) is 0 Å². The van der Waals surface area contributed by atoms with Crippen LogP contribution >= 0.6 is 23.7 Å². The van der Waals surface area contributed by atoms with Crippen molar-refractivity contribution in [3.63, 3.8) is 0 Å². The summed E-state index contributed by atoms with van der Waals surface area (Å²) in [6, 6.07) is 9.52. The number of hydrogen-bond donors (Lipinski definition) is 2. The van der Waals surface area contributed by atoms with Crippen LogP contribution in [0.15, 0.2) is 30.3 Å². The molecule has 0 saturated carbocycles. The highest BCUT2D eigenvalue weighted by atomic mass is 35.5. The summed E-state index contributed by atoms with van der Waals surface area (Å²) in [7, 11) is 0. The van der Waals surface area contributed by atoms with Gasteiger partial charge < -0.3 is 10.5 Å². The molecule has 6 nitrogen and oxygen atoms in total. The maximum Gasteiger partial charge on any atom is 0.243 e. The maximum absolute atomic E-state index is 12.0. The van der Waals surface area contributed by atoms with Crippen LogP contribution in [0, 0.1) is 0 Å². The lowest BCUT2D eigenvalue weighted by molar-refractivity contribution is -0.117. The number of benzene rings is 1. The second kappa shape index (κ2) is 10.6. The van der Waals surface area contributed by atoms with Crippen LogP contribution in [0.25, 0.3) is 0 Å². The lowest BCUT2D eigenvalue weighted by Gasteiger charge is -2.21. The van der Waals surface area contributed by atoms with E-state index in [1.807, 2.05) is 51.1 Å².